The van der Waals surface area contributed by atoms with E-state index in [0.717, 1.165) is 32.3 Å². The summed E-state index contributed by atoms with van der Waals surface area (Å²) in [7, 11) is -3.68. The Morgan fingerprint density at radius 1 is 1.27 bits per heavy atom. The molecule has 220 valence electrons. The van der Waals surface area contributed by atoms with Gasteiger partial charge in [0.15, 0.2) is 0 Å². The van der Waals surface area contributed by atoms with E-state index in [1.807, 2.05) is 36.7 Å². The molecule has 0 saturated heterocycles. The zero-order valence-electron chi connectivity index (χ0n) is 24.9. The second-order valence-electron chi connectivity index (χ2n) is 12.5. The molecule has 0 spiro atoms. The van der Waals surface area contributed by atoms with Gasteiger partial charge in [0, 0.05) is 46.6 Å². The standard InChI is InChI=1S/C31H40N4O4S2/c1-8-35-24-13-14-31(7,20(3)27(24)32-33-35)28(30(5,6)29(36)37)25-16-23(21(4)40-25)18-34-17-19(2)15-22-11-9-10-12-26(22)41(34,38)39/h9-14,16,19-20,28H,8,15,17-18H2,1-7H3,(H,36,37)/t19-,20?,28+,31?/m0/s1. The fraction of sp³-hybridized carbons (Fsp3) is 0.516. The highest BCUT2D eigenvalue weighted by molar-refractivity contribution is 7.89. The largest absolute Gasteiger partial charge is 0.481 e. The predicted octanol–water partition coefficient (Wildman–Crippen LogP) is 6.08. The van der Waals surface area contributed by atoms with E-state index < -0.39 is 32.7 Å². The summed E-state index contributed by atoms with van der Waals surface area (Å²) in [5, 5.41) is 19.3. The molecule has 10 heteroatoms. The van der Waals surface area contributed by atoms with Gasteiger partial charge in [-0.15, -0.1) is 16.4 Å². The predicted molar refractivity (Wildman–Crippen MR) is 161 cm³/mol. The highest BCUT2D eigenvalue weighted by Gasteiger charge is 2.53. The maximum absolute atomic E-state index is 13.8. The summed E-state index contributed by atoms with van der Waals surface area (Å²) in [6.45, 7) is 15.3. The molecule has 2 aliphatic rings. The Kier molecular flexibility index (Phi) is 7.58. The third kappa shape index (κ3) is 4.87. The first-order valence-corrected chi connectivity index (χ1v) is 16.5. The molecule has 0 saturated carbocycles. The first-order valence-electron chi connectivity index (χ1n) is 14.2. The summed E-state index contributed by atoms with van der Waals surface area (Å²) in [6, 6.07) is 9.33. The van der Waals surface area contributed by atoms with Crippen LogP contribution in [0.1, 0.15) is 85.6 Å². The van der Waals surface area contributed by atoms with Gasteiger partial charge in [-0.1, -0.05) is 50.3 Å². The summed E-state index contributed by atoms with van der Waals surface area (Å²) >= 11 is 1.57. The lowest BCUT2D eigenvalue weighted by Crippen LogP contribution is -2.43. The molecule has 1 aliphatic carbocycles. The number of carbonyl (C=O) groups is 1. The molecule has 0 fully saturated rings. The van der Waals surface area contributed by atoms with E-state index in [9.17, 15) is 18.3 Å². The molecule has 0 bridgehead atoms. The van der Waals surface area contributed by atoms with Crippen molar-refractivity contribution in [3.63, 3.8) is 0 Å². The number of fused-ring (bicyclic) bond motifs is 2. The Hall–Kier alpha value is -2.82. The average Bonchev–Trinajstić information content (AvgIpc) is 3.46. The number of aromatic nitrogens is 3. The van der Waals surface area contributed by atoms with Gasteiger partial charge in [-0.3, -0.25) is 4.79 Å². The zero-order chi connectivity index (χ0) is 29.9. The van der Waals surface area contributed by atoms with Crippen molar-refractivity contribution in [2.75, 3.05) is 6.54 Å². The molecule has 1 aromatic carbocycles. The highest BCUT2D eigenvalue weighted by atomic mass is 32.2. The topological polar surface area (TPSA) is 105 Å². The van der Waals surface area contributed by atoms with Crippen molar-refractivity contribution >= 4 is 33.4 Å². The number of carboxylic acids is 1. The van der Waals surface area contributed by atoms with E-state index in [0.29, 0.717) is 24.4 Å². The number of thiophene rings is 1. The van der Waals surface area contributed by atoms with Crippen LogP contribution in [0.5, 0.6) is 0 Å². The maximum Gasteiger partial charge on any atom is 0.309 e. The number of allylic oxidation sites excluding steroid dienone is 1. The summed E-state index contributed by atoms with van der Waals surface area (Å²) in [5.74, 6) is -1.18. The Morgan fingerprint density at radius 2 is 1.98 bits per heavy atom. The van der Waals surface area contributed by atoms with E-state index in [1.54, 1.807) is 41.6 Å². The molecule has 3 heterocycles. The van der Waals surface area contributed by atoms with Gasteiger partial charge in [-0.25, -0.2) is 13.1 Å². The molecule has 2 aromatic heterocycles. The maximum atomic E-state index is 13.8. The van der Waals surface area contributed by atoms with Crippen molar-refractivity contribution in [2.24, 2.45) is 16.7 Å². The monoisotopic (exact) mass is 596 g/mol. The fourth-order valence-corrected chi connectivity index (χ4v) is 10.0. The molecule has 0 amide bonds. The van der Waals surface area contributed by atoms with Crippen LogP contribution >= 0.6 is 11.3 Å². The Labute approximate surface area is 247 Å². The van der Waals surface area contributed by atoms with Crippen LogP contribution in [0.3, 0.4) is 0 Å². The summed E-state index contributed by atoms with van der Waals surface area (Å²) in [5.41, 5.74) is 1.94. The average molecular weight is 597 g/mol. The van der Waals surface area contributed by atoms with Crippen molar-refractivity contribution in [3.05, 3.63) is 68.7 Å². The van der Waals surface area contributed by atoms with Gasteiger partial charge in [0.05, 0.1) is 21.7 Å². The normalized spacial score (nSPS) is 24.9. The van der Waals surface area contributed by atoms with Crippen LogP contribution in [0, 0.1) is 23.7 Å². The minimum absolute atomic E-state index is 0.0828. The number of carboxylic acid groups (broad SMARTS) is 1. The molecular formula is C31H40N4O4S2. The van der Waals surface area contributed by atoms with Gasteiger partial charge in [-0.05, 0) is 69.4 Å². The van der Waals surface area contributed by atoms with Crippen molar-refractivity contribution in [1.29, 1.82) is 0 Å². The number of benzene rings is 1. The Morgan fingerprint density at radius 3 is 2.66 bits per heavy atom. The van der Waals surface area contributed by atoms with Crippen molar-refractivity contribution in [2.45, 2.75) is 84.7 Å². The molecule has 1 N–H and O–H groups in total. The third-order valence-electron chi connectivity index (χ3n) is 9.28. The molecular weight excluding hydrogens is 556 g/mol. The molecule has 2 unspecified atom stereocenters. The number of hydrogen-bond acceptors (Lipinski definition) is 6. The summed E-state index contributed by atoms with van der Waals surface area (Å²) in [4.78, 5) is 15.1. The van der Waals surface area contributed by atoms with Crippen LogP contribution < -0.4 is 0 Å². The van der Waals surface area contributed by atoms with Crippen molar-refractivity contribution in [1.82, 2.24) is 19.3 Å². The van der Waals surface area contributed by atoms with Crippen LogP contribution in [-0.4, -0.2) is 45.3 Å². The van der Waals surface area contributed by atoms with E-state index in [4.69, 9.17) is 0 Å². The SMILES string of the molecule is CCn1nnc2c1C=CC(C)([C@H](c1cc(CN3C[C@@H](C)Cc4ccccc4S3(=O)=O)c(C)s1)C(C)(C)C(=O)O)C2C. The van der Waals surface area contributed by atoms with E-state index in [1.165, 1.54) is 0 Å². The lowest BCUT2D eigenvalue weighted by Gasteiger charge is -2.46. The van der Waals surface area contributed by atoms with Crippen molar-refractivity contribution < 1.29 is 18.3 Å². The van der Waals surface area contributed by atoms with Crippen LogP contribution in [-0.2, 0) is 34.3 Å². The molecule has 0 radical (unpaired) electrons. The third-order valence-corrected chi connectivity index (χ3v) is 12.4. The smallest absolute Gasteiger partial charge is 0.309 e. The Balaban J connectivity index is 1.57. The second kappa shape index (κ2) is 10.5. The van der Waals surface area contributed by atoms with Gasteiger partial charge in [-0.2, -0.15) is 4.31 Å². The number of sulfonamides is 1. The summed E-state index contributed by atoms with van der Waals surface area (Å²) < 4.78 is 31.0. The lowest BCUT2D eigenvalue weighted by molar-refractivity contribution is -0.150. The molecule has 41 heavy (non-hydrogen) atoms. The number of hydrogen-bond donors (Lipinski definition) is 1. The minimum atomic E-state index is -3.68. The molecule has 5 rings (SSSR count). The highest BCUT2D eigenvalue weighted by Crippen LogP contribution is 2.58. The first-order chi connectivity index (χ1) is 19.2. The second-order valence-corrected chi connectivity index (χ2v) is 15.7. The first kappa shape index (κ1) is 29.7. The van der Waals surface area contributed by atoms with Gasteiger partial charge >= 0.3 is 5.97 Å². The molecule has 8 nitrogen and oxygen atoms in total. The Bertz CT molecular complexity index is 1620. The van der Waals surface area contributed by atoms with Crippen molar-refractivity contribution in [3.8, 4) is 0 Å². The molecule has 3 aromatic rings. The zero-order valence-corrected chi connectivity index (χ0v) is 26.5. The lowest BCUT2D eigenvalue weighted by atomic mass is 9.56. The fourth-order valence-electron chi connectivity index (χ4n) is 6.79. The number of rotatable bonds is 7. The van der Waals surface area contributed by atoms with E-state index in [2.05, 4.69) is 43.2 Å². The van der Waals surface area contributed by atoms with Gasteiger partial charge in [0.2, 0.25) is 10.0 Å². The van der Waals surface area contributed by atoms with Crippen LogP contribution in [0.4, 0.5) is 0 Å². The molecule has 1 aliphatic heterocycles. The van der Waals surface area contributed by atoms with E-state index in [-0.39, 0.29) is 18.4 Å². The number of nitrogens with zero attached hydrogens (tertiary/aromatic N) is 4. The number of aryl methyl sites for hydroxylation is 2. The van der Waals surface area contributed by atoms with Crippen LogP contribution in [0.2, 0.25) is 0 Å². The summed E-state index contributed by atoms with van der Waals surface area (Å²) in [6.07, 6.45) is 4.88. The van der Waals surface area contributed by atoms with Crippen LogP contribution in [0.15, 0.2) is 41.3 Å². The van der Waals surface area contributed by atoms with Gasteiger partial charge in [0.25, 0.3) is 0 Å². The van der Waals surface area contributed by atoms with Gasteiger partial charge in [0.1, 0.15) is 0 Å². The van der Waals surface area contributed by atoms with Gasteiger partial charge < -0.3 is 5.11 Å². The molecule has 4 atom stereocenters. The van der Waals surface area contributed by atoms with E-state index >= 15 is 0 Å². The van der Waals surface area contributed by atoms with Crippen LogP contribution in [0.25, 0.3) is 6.08 Å². The minimum Gasteiger partial charge on any atom is -0.481 e. The number of aliphatic carboxylic acids is 1. The quantitative estimate of drug-likeness (QED) is 0.354.